The molecule has 0 saturated heterocycles. The summed E-state index contributed by atoms with van der Waals surface area (Å²) in [5.74, 6) is 0.852. The average Bonchev–Trinajstić information content (AvgIpc) is 3.41. The van der Waals surface area contributed by atoms with Crippen LogP contribution in [0.3, 0.4) is 0 Å². The molecule has 0 aliphatic carbocycles. The van der Waals surface area contributed by atoms with Gasteiger partial charge in [0.05, 0.1) is 23.7 Å². The molecule has 0 saturated carbocycles. The van der Waals surface area contributed by atoms with Gasteiger partial charge < -0.3 is 14.6 Å². The monoisotopic (exact) mass is 563 g/mol. The third-order valence-corrected chi connectivity index (χ3v) is 6.73. The fourth-order valence-electron chi connectivity index (χ4n) is 4.39. The van der Waals surface area contributed by atoms with Crippen molar-refractivity contribution in [3.8, 4) is 11.5 Å². The van der Waals surface area contributed by atoms with Crippen LogP contribution in [0.15, 0.2) is 58.9 Å². The van der Waals surface area contributed by atoms with Crippen molar-refractivity contribution in [1.82, 2.24) is 15.0 Å². The van der Waals surface area contributed by atoms with Gasteiger partial charge in [-0.3, -0.25) is 9.48 Å². The summed E-state index contributed by atoms with van der Waals surface area (Å²) in [4.78, 5) is 10.4. The van der Waals surface area contributed by atoms with Crippen molar-refractivity contribution in [3.63, 3.8) is 0 Å². The van der Waals surface area contributed by atoms with Crippen LogP contribution in [0, 0.1) is 5.41 Å². The summed E-state index contributed by atoms with van der Waals surface area (Å²) in [6.45, 7) is 8.84. The van der Waals surface area contributed by atoms with Gasteiger partial charge in [0.25, 0.3) is 6.47 Å². The van der Waals surface area contributed by atoms with Crippen molar-refractivity contribution in [2.75, 3.05) is 6.61 Å². The Hall–Kier alpha value is -3.75. The lowest BCUT2D eigenvalue weighted by Crippen LogP contribution is -2.04. The second-order valence-corrected chi connectivity index (χ2v) is 11.6. The Bertz CT molecular complexity index is 1200. The SMILES string of the molecule is CC(C)(C)CCCCc1cn(CCCCCCCCOc2ccc(/N=N/c3ccc(O)c(COC=O)c3)cc2)nn1. The summed E-state index contributed by atoms with van der Waals surface area (Å²) >= 11 is 0. The molecule has 0 atom stereocenters. The zero-order chi connectivity index (χ0) is 29.3. The molecule has 3 rings (SSSR count). The normalized spacial score (nSPS) is 11.7. The third-order valence-electron chi connectivity index (χ3n) is 6.73. The first-order valence-corrected chi connectivity index (χ1v) is 14.7. The van der Waals surface area contributed by atoms with E-state index in [-0.39, 0.29) is 12.4 Å². The first-order chi connectivity index (χ1) is 19.8. The highest BCUT2D eigenvalue weighted by molar-refractivity contribution is 5.48. The quantitative estimate of drug-likeness (QED) is 0.0893. The lowest BCUT2D eigenvalue weighted by Gasteiger charge is -2.17. The van der Waals surface area contributed by atoms with Crippen LogP contribution in [0.25, 0.3) is 0 Å². The highest BCUT2D eigenvalue weighted by Gasteiger charge is 2.09. The highest BCUT2D eigenvalue weighted by Crippen LogP contribution is 2.26. The number of aromatic nitrogens is 3. The fraction of sp³-hybridized carbons (Fsp3) is 0.531. The van der Waals surface area contributed by atoms with E-state index in [0.717, 1.165) is 43.7 Å². The van der Waals surface area contributed by atoms with E-state index in [4.69, 9.17) is 9.47 Å². The lowest BCUT2D eigenvalue weighted by molar-refractivity contribution is -0.129. The molecule has 0 radical (unpaired) electrons. The number of phenols is 1. The summed E-state index contributed by atoms with van der Waals surface area (Å²) in [5, 5.41) is 26.9. The van der Waals surface area contributed by atoms with Crippen LogP contribution in [0.1, 0.15) is 89.8 Å². The van der Waals surface area contributed by atoms with Crippen molar-refractivity contribution >= 4 is 17.8 Å². The molecule has 1 N–H and O–H groups in total. The van der Waals surface area contributed by atoms with Crippen LogP contribution in [0.2, 0.25) is 0 Å². The Kier molecular flexibility index (Phi) is 13.3. The van der Waals surface area contributed by atoms with E-state index >= 15 is 0 Å². The van der Waals surface area contributed by atoms with Gasteiger partial charge in [-0.15, -0.1) is 5.10 Å². The molecule has 9 nitrogen and oxygen atoms in total. The molecule has 0 amide bonds. The number of hydrogen-bond acceptors (Lipinski definition) is 8. The number of aromatic hydroxyl groups is 1. The van der Waals surface area contributed by atoms with Gasteiger partial charge in [0.1, 0.15) is 18.1 Å². The summed E-state index contributed by atoms with van der Waals surface area (Å²) < 4.78 is 12.6. The molecule has 222 valence electrons. The van der Waals surface area contributed by atoms with Crippen molar-refractivity contribution in [2.24, 2.45) is 15.6 Å². The second kappa shape index (κ2) is 17.1. The van der Waals surface area contributed by atoms with E-state index in [1.54, 1.807) is 12.1 Å². The van der Waals surface area contributed by atoms with Gasteiger partial charge in [0.15, 0.2) is 0 Å². The van der Waals surface area contributed by atoms with Crippen LogP contribution < -0.4 is 4.74 Å². The third kappa shape index (κ3) is 13.0. The number of hydrogen-bond donors (Lipinski definition) is 1. The van der Waals surface area contributed by atoms with Crippen LogP contribution in [0.5, 0.6) is 11.5 Å². The summed E-state index contributed by atoms with van der Waals surface area (Å²) in [6.07, 6.45) is 13.8. The van der Waals surface area contributed by atoms with E-state index in [9.17, 15) is 9.90 Å². The lowest BCUT2D eigenvalue weighted by atomic mass is 9.89. The van der Waals surface area contributed by atoms with E-state index in [2.05, 4.69) is 47.5 Å². The molecule has 2 aromatic carbocycles. The molecule has 9 heteroatoms. The number of carbonyl (C=O) groups excluding carboxylic acids is 1. The molecule has 0 aliphatic rings. The standard InChI is InChI=1S/C32H45N5O4/c1-32(2,3)19-9-8-12-29-23-37(36-35-29)20-10-6-4-5-7-11-21-41-30-16-13-27(14-17-30)33-34-28-15-18-31(39)26(22-28)24-40-25-38/h13-18,22-23,25,39H,4-12,19-21,24H2,1-3H3/b34-33+. The summed E-state index contributed by atoms with van der Waals surface area (Å²) in [5.41, 5.74) is 3.23. The predicted molar refractivity (Wildman–Crippen MR) is 160 cm³/mol. The van der Waals surface area contributed by atoms with Crippen molar-refractivity contribution < 1.29 is 19.4 Å². The van der Waals surface area contributed by atoms with Crippen LogP contribution in [-0.2, 0) is 29.1 Å². The molecule has 41 heavy (non-hydrogen) atoms. The van der Waals surface area contributed by atoms with Gasteiger partial charge in [-0.05, 0) is 80.0 Å². The Labute approximate surface area is 244 Å². The van der Waals surface area contributed by atoms with Crippen LogP contribution >= 0.6 is 0 Å². The number of ether oxygens (including phenoxy) is 2. The van der Waals surface area contributed by atoms with Gasteiger partial charge in [-0.1, -0.05) is 58.1 Å². The maximum Gasteiger partial charge on any atom is 0.293 e. The van der Waals surface area contributed by atoms with Gasteiger partial charge in [0, 0.05) is 18.3 Å². The Morgan fingerprint density at radius 2 is 1.61 bits per heavy atom. The van der Waals surface area contributed by atoms with E-state index < -0.39 is 0 Å². The number of unbranched alkanes of at least 4 members (excludes halogenated alkanes) is 6. The molecule has 1 aromatic heterocycles. The summed E-state index contributed by atoms with van der Waals surface area (Å²) in [7, 11) is 0. The molecule has 1 heterocycles. The zero-order valence-electron chi connectivity index (χ0n) is 24.8. The van der Waals surface area contributed by atoms with Crippen LogP contribution in [0.4, 0.5) is 11.4 Å². The number of aryl methyl sites for hydroxylation is 2. The Morgan fingerprint density at radius 3 is 2.37 bits per heavy atom. The molecular formula is C32H45N5O4. The number of rotatable bonds is 19. The number of nitrogens with zero attached hydrogens (tertiary/aromatic N) is 5. The number of benzene rings is 2. The highest BCUT2D eigenvalue weighted by atomic mass is 16.5. The molecular weight excluding hydrogens is 518 g/mol. The second-order valence-electron chi connectivity index (χ2n) is 11.6. The fourth-order valence-corrected chi connectivity index (χ4v) is 4.39. The number of carbonyl (C=O) groups is 1. The largest absolute Gasteiger partial charge is 0.508 e. The van der Waals surface area contributed by atoms with Gasteiger partial charge in [-0.25, -0.2) is 0 Å². The van der Waals surface area contributed by atoms with Crippen molar-refractivity contribution in [2.45, 2.75) is 98.1 Å². The van der Waals surface area contributed by atoms with E-state index in [1.807, 2.05) is 28.9 Å². The van der Waals surface area contributed by atoms with Crippen LogP contribution in [-0.4, -0.2) is 33.2 Å². The minimum atomic E-state index is -0.0200. The van der Waals surface area contributed by atoms with Crippen molar-refractivity contribution in [1.29, 1.82) is 0 Å². The maximum absolute atomic E-state index is 10.4. The van der Waals surface area contributed by atoms with E-state index in [0.29, 0.717) is 35.4 Å². The molecule has 0 bridgehead atoms. The first kappa shape index (κ1) is 31.8. The number of phenolic OH excluding ortho intramolecular Hbond substituents is 1. The Morgan fingerprint density at radius 1 is 0.902 bits per heavy atom. The van der Waals surface area contributed by atoms with Gasteiger partial charge in [0.2, 0.25) is 0 Å². The minimum absolute atomic E-state index is 0.0200. The molecule has 0 unspecified atom stereocenters. The van der Waals surface area contributed by atoms with Crippen molar-refractivity contribution in [3.05, 3.63) is 59.9 Å². The molecule has 0 aliphatic heterocycles. The topological polar surface area (TPSA) is 111 Å². The molecule has 0 spiro atoms. The molecule has 0 fully saturated rings. The first-order valence-electron chi connectivity index (χ1n) is 14.7. The molecule has 3 aromatic rings. The smallest absolute Gasteiger partial charge is 0.293 e. The maximum atomic E-state index is 10.4. The number of azo groups is 1. The summed E-state index contributed by atoms with van der Waals surface area (Å²) in [6, 6.07) is 12.2. The van der Waals surface area contributed by atoms with E-state index in [1.165, 1.54) is 44.6 Å². The zero-order valence-corrected chi connectivity index (χ0v) is 24.8. The van der Waals surface area contributed by atoms with Gasteiger partial charge in [-0.2, -0.15) is 10.2 Å². The Balaban J connectivity index is 1.22. The van der Waals surface area contributed by atoms with Gasteiger partial charge >= 0.3 is 0 Å². The predicted octanol–water partition coefficient (Wildman–Crippen LogP) is 8.25. The average molecular weight is 564 g/mol. The minimum Gasteiger partial charge on any atom is -0.508 e.